The highest BCUT2D eigenvalue weighted by Gasteiger charge is 2.19. The third-order valence-corrected chi connectivity index (χ3v) is 3.02. The Kier molecular flexibility index (Phi) is 4.53. The van der Waals surface area contributed by atoms with E-state index in [9.17, 15) is 8.78 Å². The zero-order valence-corrected chi connectivity index (χ0v) is 10.6. The van der Waals surface area contributed by atoms with Crippen LogP contribution in [0.25, 0.3) is 0 Å². The topological polar surface area (TPSA) is 21.3 Å². The van der Waals surface area contributed by atoms with E-state index in [1.807, 2.05) is 6.92 Å². The number of halogens is 2. The molecule has 0 aromatic heterocycles. The van der Waals surface area contributed by atoms with Crippen molar-refractivity contribution < 1.29 is 13.5 Å². The van der Waals surface area contributed by atoms with Crippen LogP contribution in [0.4, 0.5) is 8.78 Å². The lowest BCUT2D eigenvalue weighted by Gasteiger charge is -2.15. The number of ether oxygens (including phenoxy) is 1. The Morgan fingerprint density at radius 3 is 2.83 bits per heavy atom. The Morgan fingerprint density at radius 2 is 2.17 bits per heavy atom. The highest BCUT2D eigenvalue weighted by atomic mass is 19.1. The maximum atomic E-state index is 13.3. The summed E-state index contributed by atoms with van der Waals surface area (Å²) < 4.78 is 31.5. The van der Waals surface area contributed by atoms with Crippen LogP contribution >= 0.6 is 0 Å². The van der Waals surface area contributed by atoms with Gasteiger partial charge >= 0.3 is 0 Å². The molecule has 2 nitrogen and oxygen atoms in total. The van der Waals surface area contributed by atoms with Gasteiger partial charge in [0.2, 0.25) is 0 Å². The highest BCUT2D eigenvalue weighted by Crippen LogP contribution is 2.20. The van der Waals surface area contributed by atoms with Crippen LogP contribution in [0.15, 0.2) is 18.2 Å². The Hall–Kier alpha value is -1.16. The first kappa shape index (κ1) is 13.3. The minimum atomic E-state index is -0.641. The predicted octanol–water partition coefficient (Wildman–Crippen LogP) is 3.26. The average molecular weight is 255 g/mol. The van der Waals surface area contributed by atoms with Crippen molar-refractivity contribution in [3.63, 3.8) is 0 Å². The SMILES string of the molecule is CC(CCCNC1CC1)Oc1ccc(F)cc1F. The van der Waals surface area contributed by atoms with Crippen molar-refractivity contribution in [2.45, 2.75) is 44.8 Å². The maximum Gasteiger partial charge on any atom is 0.167 e. The molecule has 2 rings (SSSR count). The zero-order chi connectivity index (χ0) is 13.0. The summed E-state index contributed by atoms with van der Waals surface area (Å²) in [6.45, 7) is 2.88. The summed E-state index contributed by atoms with van der Waals surface area (Å²) in [5.41, 5.74) is 0. The van der Waals surface area contributed by atoms with Crippen molar-refractivity contribution in [2.24, 2.45) is 0 Å². The molecule has 0 radical (unpaired) electrons. The van der Waals surface area contributed by atoms with Crippen LogP contribution in [0.5, 0.6) is 5.75 Å². The third kappa shape index (κ3) is 4.26. The van der Waals surface area contributed by atoms with Gasteiger partial charge in [-0.05, 0) is 51.3 Å². The summed E-state index contributed by atoms with van der Waals surface area (Å²) in [6, 6.07) is 4.11. The van der Waals surface area contributed by atoms with Gasteiger partial charge in [0.05, 0.1) is 6.10 Å². The van der Waals surface area contributed by atoms with Crippen molar-refractivity contribution in [3.05, 3.63) is 29.8 Å². The highest BCUT2D eigenvalue weighted by molar-refractivity contribution is 5.24. The summed E-state index contributed by atoms with van der Waals surface area (Å²) in [6.07, 6.45) is 4.36. The minimum Gasteiger partial charge on any atom is -0.488 e. The van der Waals surface area contributed by atoms with Crippen molar-refractivity contribution >= 4 is 0 Å². The Bertz CT molecular complexity index is 393. The van der Waals surface area contributed by atoms with Crippen molar-refractivity contribution in [1.29, 1.82) is 0 Å². The molecule has 0 bridgehead atoms. The molecule has 4 heteroatoms. The number of hydrogen-bond acceptors (Lipinski definition) is 2. The van der Waals surface area contributed by atoms with Crippen LogP contribution < -0.4 is 10.1 Å². The standard InChI is InChI=1S/C14H19F2NO/c1-10(3-2-8-17-12-5-6-12)18-14-7-4-11(15)9-13(14)16/h4,7,9-10,12,17H,2-3,5-6,8H2,1H3. The molecule has 1 unspecified atom stereocenters. The number of nitrogens with one attached hydrogen (secondary N) is 1. The van der Waals surface area contributed by atoms with E-state index in [0.29, 0.717) is 0 Å². The summed E-state index contributed by atoms with van der Waals surface area (Å²) in [5, 5.41) is 3.42. The zero-order valence-electron chi connectivity index (χ0n) is 10.6. The van der Waals surface area contributed by atoms with Gasteiger partial charge in [-0.1, -0.05) is 0 Å². The van der Waals surface area contributed by atoms with Crippen LogP contribution in [-0.2, 0) is 0 Å². The minimum absolute atomic E-state index is 0.0639. The van der Waals surface area contributed by atoms with Gasteiger partial charge in [0.1, 0.15) is 5.82 Å². The van der Waals surface area contributed by atoms with Gasteiger partial charge in [0, 0.05) is 12.1 Å². The molecule has 1 aromatic carbocycles. The summed E-state index contributed by atoms with van der Waals surface area (Å²) in [7, 11) is 0. The molecule has 1 saturated carbocycles. The maximum absolute atomic E-state index is 13.3. The van der Waals surface area contributed by atoms with Crippen LogP contribution in [0, 0.1) is 11.6 Å². The molecule has 0 saturated heterocycles. The van der Waals surface area contributed by atoms with Crippen LogP contribution in [0.1, 0.15) is 32.6 Å². The van der Waals surface area contributed by atoms with Gasteiger partial charge in [0.25, 0.3) is 0 Å². The quantitative estimate of drug-likeness (QED) is 0.755. The first-order chi connectivity index (χ1) is 8.65. The molecule has 18 heavy (non-hydrogen) atoms. The normalized spacial score (nSPS) is 16.6. The average Bonchev–Trinajstić information content (AvgIpc) is 3.12. The molecule has 0 aliphatic heterocycles. The first-order valence-corrected chi connectivity index (χ1v) is 6.50. The van der Waals surface area contributed by atoms with Gasteiger partial charge in [0.15, 0.2) is 11.6 Å². The van der Waals surface area contributed by atoms with E-state index >= 15 is 0 Å². The van der Waals surface area contributed by atoms with Crippen molar-refractivity contribution in [1.82, 2.24) is 5.32 Å². The molecular formula is C14H19F2NO. The van der Waals surface area contributed by atoms with Gasteiger partial charge < -0.3 is 10.1 Å². The lowest BCUT2D eigenvalue weighted by molar-refractivity contribution is 0.198. The second-order valence-corrected chi connectivity index (χ2v) is 4.87. The van der Waals surface area contributed by atoms with Crippen LogP contribution in [0.2, 0.25) is 0 Å². The molecular weight excluding hydrogens is 236 g/mol. The van der Waals surface area contributed by atoms with E-state index < -0.39 is 11.6 Å². The Morgan fingerprint density at radius 1 is 1.39 bits per heavy atom. The molecule has 1 atom stereocenters. The van der Waals surface area contributed by atoms with Crippen molar-refractivity contribution in [2.75, 3.05) is 6.54 Å². The lowest BCUT2D eigenvalue weighted by Crippen LogP contribution is -2.20. The van der Waals surface area contributed by atoms with E-state index in [4.69, 9.17) is 4.74 Å². The molecule has 1 aromatic rings. The largest absolute Gasteiger partial charge is 0.488 e. The Labute approximate surface area is 106 Å². The summed E-state index contributed by atoms with van der Waals surface area (Å²) in [5.74, 6) is -1.10. The summed E-state index contributed by atoms with van der Waals surface area (Å²) >= 11 is 0. The van der Waals surface area contributed by atoms with Gasteiger partial charge in [-0.2, -0.15) is 0 Å². The molecule has 0 amide bonds. The van der Waals surface area contributed by atoms with Crippen LogP contribution in [0.3, 0.4) is 0 Å². The fourth-order valence-corrected chi connectivity index (χ4v) is 1.83. The van der Waals surface area contributed by atoms with Crippen LogP contribution in [-0.4, -0.2) is 18.7 Å². The number of benzene rings is 1. The molecule has 0 heterocycles. The first-order valence-electron chi connectivity index (χ1n) is 6.50. The molecule has 1 N–H and O–H groups in total. The number of rotatable bonds is 7. The van der Waals surface area contributed by atoms with E-state index in [1.165, 1.54) is 25.0 Å². The van der Waals surface area contributed by atoms with E-state index in [1.54, 1.807) is 0 Å². The molecule has 1 aliphatic rings. The predicted molar refractivity (Wildman–Crippen MR) is 66.7 cm³/mol. The molecule has 1 aliphatic carbocycles. The smallest absolute Gasteiger partial charge is 0.167 e. The monoisotopic (exact) mass is 255 g/mol. The third-order valence-electron chi connectivity index (χ3n) is 3.02. The summed E-state index contributed by atoms with van der Waals surface area (Å²) in [4.78, 5) is 0. The lowest BCUT2D eigenvalue weighted by atomic mass is 10.2. The fourth-order valence-electron chi connectivity index (χ4n) is 1.83. The molecule has 100 valence electrons. The number of hydrogen-bond donors (Lipinski definition) is 1. The second-order valence-electron chi connectivity index (χ2n) is 4.87. The second kappa shape index (κ2) is 6.14. The Balaban J connectivity index is 1.70. The fraction of sp³-hybridized carbons (Fsp3) is 0.571. The molecule has 1 fully saturated rings. The van der Waals surface area contributed by atoms with E-state index in [-0.39, 0.29) is 11.9 Å². The van der Waals surface area contributed by atoms with Gasteiger partial charge in [-0.3, -0.25) is 0 Å². The van der Waals surface area contributed by atoms with E-state index in [0.717, 1.165) is 31.5 Å². The van der Waals surface area contributed by atoms with Gasteiger partial charge in [-0.15, -0.1) is 0 Å². The molecule has 0 spiro atoms. The van der Waals surface area contributed by atoms with E-state index in [2.05, 4.69) is 5.32 Å². The van der Waals surface area contributed by atoms with Crippen molar-refractivity contribution in [3.8, 4) is 5.75 Å². The van der Waals surface area contributed by atoms with Gasteiger partial charge in [-0.25, -0.2) is 8.78 Å².